The van der Waals surface area contributed by atoms with Crippen LogP contribution in [0.15, 0.2) is 35.4 Å². The van der Waals surface area contributed by atoms with Crippen molar-refractivity contribution < 1.29 is 21.6 Å². The van der Waals surface area contributed by atoms with E-state index in [1.807, 2.05) is 13.8 Å². The molecule has 2 aromatic rings. The van der Waals surface area contributed by atoms with Crippen molar-refractivity contribution in [2.24, 2.45) is 5.14 Å². The average molecular weight is 470 g/mol. The Hall–Kier alpha value is -1.20. The topological polar surface area (TPSA) is 73.1 Å². The number of nitrogens with two attached hydrogens (primary N) is 1. The van der Waals surface area contributed by atoms with E-state index in [-0.39, 0.29) is 20.1 Å². The molecule has 1 aromatic heterocycles. The van der Waals surface area contributed by atoms with Crippen LogP contribution in [0.25, 0.3) is 11.3 Å². The fraction of sp³-hybridized carbons (Fsp3) is 0.267. The smallest absolute Gasteiger partial charge is 0.255 e. The first kappa shape index (κ1) is 19.1. The van der Waals surface area contributed by atoms with Gasteiger partial charge in [-0.1, -0.05) is 19.9 Å². The monoisotopic (exact) mass is 470 g/mol. The molecule has 0 bridgehead atoms. The SMILES string of the molecule is CC(C)c1ccc(S(N)(=O)=O)cc1-c1ncc(C(F)(F)F)cc1I. The molecule has 0 radical (unpaired) electrons. The second-order valence-electron chi connectivity index (χ2n) is 5.50. The first-order valence-electron chi connectivity index (χ1n) is 6.81. The lowest BCUT2D eigenvalue weighted by Crippen LogP contribution is -2.13. The van der Waals surface area contributed by atoms with Crippen LogP contribution < -0.4 is 5.14 Å². The van der Waals surface area contributed by atoms with Gasteiger partial charge in [0.05, 0.1) is 16.2 Å². The maximum absolute atomic E-state index is 12.8. The minimum atomic E-state index is -4.49. The van der Waals surface area contributed by atoms with E-state index >= 15 is 0 Å². The summed E-state index contributed by atoms with van der Waals surface area (Å²) in [6, 6.07) is 5.32. The molecule has 0 aliphatic carbocycles. The van der Waals surface area contributed by atoms with Crippen LogP contribution in [0, 0.1) is 3.57 Å². The lowest BCUT2D eigenvalue weighted by atomic mass is 9.95. The fourth-order valence-electron chi connectivity index (χ4n) is 2.21. The van der Waals surface area contributed by atoms with Crippen LogP contribution in [0.1, 0.15) is 30.9 Å². The molecule has 0 saturated carbocycles. The number of rotatable bonds is 3. The van der Waals surface area contributed by atoms with Crippen molar-refractivity contribution in [1.29, 1.82) is 0 Å². The van der Waals surface area contributed by atoms with Crippen LogP contribution in [0.3, 0.4) is 0 Å². The van der Waals surface area contributed by atoms with E-state index in [0.29, 0.717) is 5.56 Å². The predicted octanol–water partition coefficient (Wildman–Crippen LogP) is 4.14. The number of hydrogen-bond acceptors (Lipinski definition) is 3. The average Bonchev–Trinajstić information content (AvgIpc) is 2.44. The zero-order chi connectivity index (χ0) is 18.3. The highest BCUT2D eigenvalue weighted by Crippen LogP contribution is 2.36. The van der Waals surface area contributed by atoms with Crippen LogP contribution in [0.2, 0.25) is 0 Å². The lowest BCUT2D eigenvalue weighted by Gasteiger charge is -2.16. The highest BCUT2D eigenvalue weighted by Gasteiger charge is 2.31. The molecule has 0 atom stereocenters. The summed E-state index contributed by atoms with van der Waals surface area (Å²) in [5, 5.41) is 5.15. The summed E-state index contributed by atoms with van der Waals surface area (Å²) < 4.78 is 61.8. The predicted molar refractivity (Wildman–Crippen MR) is 92.9 cm³/mol. The van der Waals surface area contributed by atoms with Crippen LogP contribution in [0.5, 0.6) is 0 Å². The molecule has 2 rings (SSSR count). The number of pyridine rings is 1. The zero-order valence-corrected chi connectivity index (χ0v) is 15.7. The van der Waals surface area contributed by atoms with Crippen LogP contribution in [0.4, 0.5) is 13.2 Å². The Balaban J connectivity index is 2.71. The fourth-order valence-corrected chi connectivity index (χ4v) is 3.52. The number of nitrogens with zero attached hydrogens (tertiary/aromatic N) is 1. The lowest BCUT2D eigenvalue weighted by molar-refractivity contribution is -0.137. The second kappa shape index (κ2) is 6.60. The molecule has 0 spiro atoms. The number of halogens is 4. The maximum atomic E-state index is 12.8. The molecule has 0 aliphatic heterocycles. The molecule has 0 aliphatic rings. The van der Waals surface area contributed by atoms with E-state index in [9.17, 15) is 21.6 Å². The molecule has 4 nitrogen and oxygen atoms in total. The van der Waals surface area contributed by atoms with E-state index in [1.54, 1.807) is 28.7 Å². The van der Waals surface area contributed by atoms with Gasteiger partial charge in [0.25, 0.3) is 0 Å². The van der Waals surface area contributed by atoms with Gasteiger partial charge in [-0.05, 0) is 52.3 Å². The van der Waals surface area contributed by atoms with Gasteiger partial charge in [-0.25, -0.2) is 13.6 Å². The molecule has 0 unspecified atom stereocenters. The number of primary sulfonamides is 1. The van der Waals surface area contributed by atoms with Gasteiger partial charge in [0.15, 0.2) is 0 Å². The Kier molecular flexibility index (Phi) is 5.26. The molecule has 9 heteroatoms. The molecule has 0 saturated heterocycles. The molecule has 0 amide bonds. The largest absolute Gasteiger partial charge is 0.417 e. The van der Waals surface area contributed by atoms with Crippen molar-refractivity contribution in [1.82, 2.24) is 4.98 Å². The normalized spacial score (nSPS) is 12.7. The third kappa shape index (κ3) is 4.06. The van der Waals surface area contributed by atoms with Crippen molar-refractivity contribution in [3.05, 3.63) is 45.2 Å². The number of aromatic nitrogens is 1. The third-order valence-electron chi connectivity index (χ3n) is 3.40. The number of hydrogen-bond donors (Lipinski definition) is 1. The van der Waals surface area contributed by atoms with Crippen LogP contribution in [-0.4, -0.2) is 13.4 Å². The number of alkyl halides is 3. The van der Waals surface area contributed by atoms with Gasteiger partial charge in [-0.15, -0.1) is 0 Å². The summed E-state index contributed by atoms with van der Waals surface area (Å²) in [6.07, 6.45) is -3.75. The minimum Gasteiger partial charge on any atom is -0.255 e. The van der Waals surface area contributed by atoms with Gasteiger partial charge in [0.1, 0.15) is 0 Å². The standard InChI is InChI=1S/C15H14F3IN2O2S/c1-8(2)11-4-3-10(24(20,22)23)6-12(11)14-13(19)5-9(7-21-14)15(16,17)18/h3-8H,1-2H3,(H2,20,22,23). The van der Waals surface area contributed by atoms with E-state index in [1.165, 1.54) is 12.1 Å². The van der Waals surface area contributed by atoms with Gasteiger partial charge in [-0.3, -0.25) is 4.98 Å². The van der Waals surface area contributed by atoms with Crippen LogP contribution in [-0.2, 0) is 16.2 Å². The Labute approximate surface area is 151 Å². The van der Waals surface area contributed by atoms with Crippen molar-refractivity contribution in [2.75, 3.05) is 0 Å². The summed E-state index contributed by atoms with van der Waals surface area (Å²) in [5.41, 5.74) is 0.657. The molecule has 2 N–H and O–H groups in total. The first-order valence-corrected chi connectivity index (χ1v) is 9.43. The Morgan fingerprint density at radius 3 is 2.29 bits per heavy atom. The van der Waals surface area contributed by atoms with Gasteiger partial charge in [-0.2, -0.15) is 13.2 Å². The number of sulfonamides is 1. The summed E-state index contributed by atoms with van der Waals surface area (Å²) >= 11 is 1.76. The first-order chi connectivity index (χ1) is 10.9. The van der Waals surface area contributed by atoms with Crippen LogP contribution >= 0.6 is 22.6 Å². The van der Waals surface area contributed by atoms with Crippen molar-refractivity contribution in [2.45, 2.75) is 30.8 Å². The third-order valence-corrected chi connectivity index (χ3v) is 5.13. The molecular formula is C15H14F3IN2O2S. The highest BCUT2D eigenvalue weighted by molar-refractivity contribution is 14.1. The summed E-state index contributed by atoms with van der Waals surface area (Å²) in [4.78, 5) is 3.81. The Morgan fingerprint density at radius 1 is 1.21 bits per heavy atom. The molecule has 130 valence electrons. The van der Waals surface area contributed by atoms with Crippen molar-refractivity contribution in [3.8, 4) is 11.3 Å². The molecule has 24 heavy (non-hydrogen) atoms. The highest BCUT2D eigenvalue weighted by atomic mass is 127. The van der Waals surface area contributed by atoms with E-state index in [2.05, 4.69) is 4.98 Å². The molecular weight excluding hydrogens is 456 g/mol. The van der Waals surface area contributed by atoms with Gasteiger partial charge in [0, 0.05) is 15.3 Å². The summed E-state index contributed by atoms with van der Waals surface area (Å²) in [5.74, 6) is 0.0226. The van der Waals surface area contributed by atoms with E-state index < -0.39 is 21.8 Å². The minimum absolute atomic E-state index is 0.0226. The molecule has 0 fully saturated rings. The van der Waals surface area contributed by atoms with E-state index in [0.717, 1.165) is 17.8 Å². The maximum Gasteiger partial charge on any atom is 0.417 e. The summed E-state index contributed by atoms with van der Waals surface area (Å²) in [6.45, 7) is 3.79. The molecule has 1 heterocycles. The zero-order valence-electron chi connectivity index (χ0n) is 12.7. The van der Waals surface area contributed by atoms with Gasteiger partial charge < -0.3 is 0 Å². The Bertz CT molecular complexity index is 881. The second-order valence-corrected chi connectivity index (χ2v) is 8.22. The molecule has 1 aromatic carbocycles. The van der Waals surface area contributed by atoms with E-state index in [4.69, 9.17) is 5.14 Å². The Morgan fingerprint density at radius 2 is 1.83 bits per heavy atom. The summed E-state index contributed by atoms with van der Waals surface area (Å²) in [7, 11) is -3.93. The van der Waals surface area contributed by atoms with Crippen molar-refractivity contribution >= 4 is 32.6 Å². The van der Waals surface area contributed by atoms with Gasteiger partial charge in [0.2, 0.25) is 10.0 Å². The quantitative estimate of drug-likeness (QED) is 0.686. The number of benzene rings is 1. The van der Waals surface area contributed by atoms with Crippen molar-refractivity contribution in [3.63, 3.8) is 0 Å². The van der Waals surface area contributed by atoms with Gasteiger partial charge >= 0.3 is 6.18 Å².